The Hall–Kier alpha value is -3.88. The summed E-state index contributed by atoms with van der Waals surface area (Å²) in [6.45, 7) is 3.96. The first-order chi connectivity index (χ1) is 18.9. The Morgan fingerprint density at radius 1 is 1.10 bits per heavy atom. The van der Waals surface area contributed by atoms with Gasteiger partial charge in [-0.1, -0.05) is 65.9 Å². The summed E-state index contributed by atoms with van der Waals surface area (Å²) in [5.41, 5.74) is 4.09. The van der Waals surface area contributed by atoms with Crippen molar-refractivity contribution in [2.45, 2.75) is 24.8 Å². The van der Waals surface area contributed by atoms with E-state index in [4.69, 9.17) is 14.5 Å². The molecule has 5 rings (SSSR count). The molecule has 0 bridgehead atoms. The molecule has 1 atom stereocenters. The Labute approximate surface area is 235 Å². The number of benzene rings is 3. The van der Waals surface area contributed by atoms with Gasteiger partial charge in [0, 0.05) is 10.5 Å². The number of thioether (sulfide) groups is 1. The van der Waals surface area contributed by atoms with E-state index < -0.39 is 12.0 Å². The Morgan fingerprint density at radius 3 is 2.51 bits per heavy atom. The van der Waals surface area contributed by atoms with Crippen molar-refractivity contribution in [1.82, 2.24) is 4.57 Å². The van der Waals surface area contributed by atoms with Crippen LogP contribution in [0.2, 0.25) is 0 Å². The quantitative estimate of drug-likeness (QED) is 0.237. The van der Waals surface area contributed by atoms with Gasteiger partial charge in [0.25, 0.3) is 5.56 Å². The molecule has 8 heteroatoms. The van der Waals surface area contributed by atoms with Crippen LogP contribution in [0, 0.1) is 6.92 Å². The molecule has 1 aliphatic rings. The third-order valence-electron chi connectivity index (χ3n) is 6.54. The number of thiazole rings is 1. The van der Waals surface area contributed by atoms with E-state index in [0.29, 0.717) is 20.6 Å². The zero-order valence-electron chi connectivity index (χ0n) is 22.1. The maximum atomic E-state index is 14.0. The first-order valence-corrected chi connectivity index (χ1v) is 14.6. The lowest BCUT2D eigenvalue weighted by atomic mass is 9.93. The van der Waals surface area contributed by atoms with Gasteiger partial charge in [-0.3, -0.25) is 9.36 Å². The molecule has 0 unspecified atom stereocenters. The molecule has 2 heterocycles. The molecule has 198 valence electrons. The average Bonchev–Trinajstić information content (AvgIpc) is 3.28. The largest absolute Gasteiger partial charge is 0.496 e. The molecule has 0 aliphatic carbocycles. The van der Waals surface area contributed by atoms with Crippen molar-refractivity contribution in [3.05, 3.63) is 120 Å². The van der Waals surface area contributed by atoms with Gasteiger partial charge in [-0.15, -0.1) is 11.8 Å². The van der Waals surface area contributed by atoms with E-state index in [9.17, 15) is 9.59 Å². The summed E-state index contributed by atoms with van der Waals surface area (Å²) in [7, 11) is 1.63. The molecule has 0 amide bonds. The van der Waals surface area contributed by atoms with E-state index in [1.165, 1.54) is 11.3 Å². The molecule has 0 saturated carbocycles. The molecule has 0 saturated heterocycles. The van der Waals surface area contributed by atoms with Crippen LogP contribution in [0.15, 0.2) is 93.1 Å². The summed E-state index contributed by atoms with van der Waals surface area (Å²) < 4.78 is 13.1. The number of carbonyl (C=O) groups excluding carboxylic acids is 1. The highest BCUT2D eigenvalue weighted by molar-refractivity contribution is 7.98. The third-order valence-corrected chi connectivity index (χ3v) is 8.26. The Bertz CT molecular complexity index is 1740. The molecule has 0 N–H and O–H groups in total. The Balaban J connectivity index is 1.80. The van der Waals surface area contributed by atoms with Gasteiger partial charge in [0.2, 0.25) is 0 Å². The number of fused-ring (bicyclic) bond motifs is 1. The molecule has 39 heavy (non-hydrogen) atoms. The van der Waals surface area contributed by atoms with Gasteiger partial charge in [0.1, 0.15) is 5.75 Å². The van der Waals surface area contributed by atoms with Crippen molar-refractivity contribution >= 4 is 40.8 Å². The normalized spacial score (nSPS) is 15.1. The molecule has 0 radical (unpaired) electrons. The minimum atomic E-state index is -0.693. The van der Waals surface area contributed by atoms with E-state index in [1.54, 1.807) is 30.4 Å². The van der Waals surface area contributed by atoms with E-state index in [1.807, 2.05) is 92.1 Å². The lowest BCUT2D eigenvalue weighted by molar-refractivity contribution is -0.138. The van der Waals surface area contributed by atoms with Crippen LogP contribution in [-0.2, 0) is 9.53 Å². The van der Waals surface area contributed by atoms with Crippen LogP contribution in [0.25, 0.3) is 11.8 Å². The summed E-state index contributed by atoms with van der Waals surface area (Å²) in [6, 6.07) is 22.6. The number of ether oxygens (including phenoxy) is 2. The number of esters is 1. The monoisotopic (exact) mass is 556 g/mol. The zero-order chi connectivity index (χ0) is 27.5. The maximum absolute atomic E-state index is 14.0. The highest BCUT2D eigenvalue weighted by Crippen LogP contribution is 2.35. The average molecular weight is 557 g/mol. The number of methoxy groups -OCH3 is 1. The topological polar surface area (TPSA) is 69.9 Å². The van der Waals surface area contributed by atoms with Gasteiger partial charge in [-0.05, 0) is 61.1 Å². The lowest BCUT2D eigenvalue weighted by Gasteiger charge is -2.26. The molecule has 6 nitrogen and oxygen atoms in total. The highest BCUT2D eigenvalue weighted by atomic mass is 32.2. The highest BCUT2D eigenvalue weighted by Gasteiger charge is 2.35. The minimum absolute atomic E-state index is 0.211. The van der Waals surface area contributed by atoms with Crippen LogP contribution in [-0.4, -0.2) is 30.5 Å². The number of aromatic nitrogens is 1. The van der Waals surface area contributed by atoms with Gasteiger partial charge in [-0.2, -0.15) is 0 Å². The minimum Gasteiger partial charge on any atom is -0.496 e. The second-order valence-corrected chi connectivity index (χ2v) is 10.8. The summed E-state index contributed by atoms with van der Waals surface area (Å²) in [6.07, 6.45) is 3.85. The number of nitrogens with zero attached hydrogens (tertiary/aromatic N) is 2. The molecule has 1 aromatic heterocycles. The van der Waals surface area contributed by atoms with Crippen LogP contribution in [0.3, 0.4) is 0 Å². The van der Waals surface area contributed by atoms with E-state index in [2.05, 4.69) is 0 Å². The summed E-state index contributed by atoms with van der Waals surface area (Å²) in [5.74, 6) is 0.260. The summed E-state index contributed by atoms with van der Waals surface area (Å²) in [4.78, 5) is 34.0. The Morgan fingerprint density at radius 2 is 1.85 bits per heavy atom. The fourth-order valence-corrected chi connectivity index (χ4v) is 6.03. The molecule has 3 aromatic carbocycles. The number of aryl methyl sites for hydroxylation is 1. The summed E-state index contributed by atoms with van der Waals surface area (Å²) >= 11 is 2.93. The van der Waals surface area contributed by atoms with E-state index in [0.717, 1.165) is 32.9 Å². The van der Waals surface area contributed by atoms with Gasteiger partial charge >= 0.3 is 5.97 Å². The van der Waals surface area contributed by atoms with E-state index >= 15 is 0 Å². The van der Waals surface area contributed by atoms with Crippen molar-refractivity contribution in [2.24, 2.45) is 4.99 Å². The lowest BCUT2D eigenvalue weighted by Crippen LogP contribution is -2.40. The number of rotatable bonds is 7. The molecule has 4 aromatic rings. The van der Waals surface area contributed by atoms with Crippen molar-refractivity contribution in [3.8, 4) is 5.75 Å². The van der Waals surface area contributed by atoms with Gasteiger partial charge in [0.15, 0.2) is 4.80 Å². The first-order valence-electron chi connectivity index (χ1n) is 12.5. The molecule has 0 spiro atoms. The smallest absolute Gasteiger partial charge is 0.338 e. The van der Waals surface area contributed by atoms with Gasteiger partial charge in [-0.25, -0.2) is 9.79 Å². The van der Waals surface area contributed by atoms with Crippen molar-refractivity contribution < 1.29 is 14.3 Å². The van der Waals surface area contributed by atoms with Crippen molar-refractivity contribution in [2.75, 3.05) is 20.0 Å². The first kappa shape index (κ1) is 26.7. The number of carbonyl (C=O) groups is 1. The standard InChI is InChI=1S/C31H28N2O4S2/c1-5-37-30(35)26-27(21-9-7-6-8-10-21)32-31-33(28(26)22-13-15-23(38-4)16-14-22)29(34)25(39-31)18-20-12-11-19(2)24(17-20)36-3/h6-18,28H,5H2,1-4H3/b25-18-/t28-/m1/s1. The summed E-state index contributed by atoms with van der Waals surface area (Å²) in [5, 5.41) is 0. The fraction of sp³-hybridized carbons (Fsp3) is 0.194. The van der Waals surface area contributed by atoms with Crippen LogP contribution in [0.1, 0.15) is 35.2 Å². The predicted molar refractivity (Wildman–Crippen MR) is 157 cm³/mol. The molecular weight excluding hydrogens is 528 g/mol. The van der Waals surface area contributed by atoms with Gasteiger partial charge in [0.05, 0.1) is 35.6 Å². The van der Waals surface area contributed by atoms with Gasteiger partial charge < -0.3 is 9.47 Å². The SMILES string of the molecule is CCOC(=O)C1=C(c2ccccc2)N=c2s/c(=C\c3ccc(C)c(OC)c3)c(=O)n2[C@@H]1c1ccc(SC)cc1. The second kappa shape index (κ2) is 11.5. The molecule has 1 aliphatic heterocycles. The molecular formula is C31H28N2O4S2. The van der Waals surface area contributed by atoms with E-state index in [-0.39, 0.29) is 12.2 Å². The van der Waals surface area contributed by atoms with Crippen LogP contribution in [0.4, 0.5) is 0 Å². The maximum Gasteiger partial charge on any atom is 0.338 e. The van der Waals surface area contributed by atoms with Crippen molar-refractivity contribution in [1.29, 1.82) is 0 Å². The number of hydrogen-bond acceptors (Lipinski definition) is 7. The zero-order valence-corrected chi connectivity index (χ0v) is 23.8. The fourth-order valence-electron chi connectivity index (χ4n) is 4.62. The number of hydrogen-bond donors (Lipinski definition) is 0. The van der Waals surface area contributed by atoms with Crippen LogP contribution in [0.5, 0.6) is 5.75 Å². The third kappa shape index (κ3) is 5.22. The van der Waals surface area contributed by atoms with Crippen LogP contribution >= 0.6 is 23.1 Å². The Kier molecular flexibility index (Phi) is 7.86. The second-order valence-electron chi connectivity index (χ2n) is 8.93. The predicted octanol–water partition coefficient (Wildman–Crippen LogP) is 4.97. The van der Waals surface area contributed by atoms with Crippen molar-refractivity contribution in [3.63, 3.8) is 0 Å². The molecule has 0 fully saturated rings. The van der Waals surface area contributed by atoms with Crippen LogP contribution < -0.4 is 19.6 Å².